The van der Waals surface area contributed by atoms with Crippen LogP contribution in [0, 0.1) is 11.8 Å². The van der Waals surface area contributed by atoms with Gasteiger partial charge in [-0.3, -0.25) is 4.79 Å². The number of carbonyl (C=O) groups excluding carboxylic acids is 1. The Kier molecular flexibility index (Phi) is 10.6. The van der Waals surface area contributed by atoms with Crippen molar-refractivity contribution in [2.45, 2.75) is 95.5 Å². The van der Waals surface area contributed by atoms with E-state index in [0.29, 0.717) is 26.1 Å². The van der Waals surface area contributed by atoms with Crippen LogP contribution in [0.2, 0.25) is 0 Å². The summed E-state index contributed by atoms with van der Waals surface area (Å²) in [5.74, 6) is -0.579. The third-order valence-electron chi connectivity index (χ3n) is 6.41. The first kappa shape index (κ1) is 24.3. The van der Waals surface area contributed by atoms with Gasteiger partial charge in [-0.05, 0) is 50.4 Å². The molecule has 1 aliphatic heterocycles. The van der Waals surface area contributed by atoms with Gasteiger partial charge in [-0.2, -0.15) is 0 Å². The van der Waals surface area contributed by atoms with Crippen LogP contribution in [0.15, 0.2) is 12.2 Å². The van der Waals surface area contributed by atoms with Crippen molar-refractivity contribution in [1.29, 1.82) is 0 Å². The second-order valence-corrected chi connectivity index (χ2v) is 8.48. The van der Waals surface area contributed by atoms with Gasteiger partial charge in [-0.25, -0.2) is 0 Å². The van der Waals surface area contributed by atoms with Crippen molar-refractivity contribution >= 4 is 5.97 Å². The van der Waals surface area contributed by atoms with Crippen LogP contribution in [0.4, 0.5) is 0 Å². The Bertz CT molecular complexity index is 500. The Morgan fingerprint density at radius 2 is 1.79 bits per heavy atom. The maximum Gasteiger partial charge on any atom is 0.305 e. The number of ether oxygens (including phenoxy) is 3. The molecule has 6 heteroatoms. The maximum atomic E-state index is 11.1. The fourth-order valence-corrected chi connectivity index (χ4v) is 4.69. The molecule has 1 saturated carbocycles. The van der Waals surface area contributed by atoms with E-state index in [4.69, 9.17) is 9.47 Å². The topological polar surface area (TPSA) is 85.2 Å². The molecule has 1 aliphatic carbocycles. The molecule has 29 heavy (non-hydrogen) atoms. The monoisotopic (exact) mass is 412 g/mol. The molecule has 0 aromatic carbocycles. The van der Waals surface area contributed by atoms with E-state index < -0.39 is 18.0 Å². The van der Waals surface area contributed by atoms with Crippen LogP contribution in [0.3, 0.4) is 0 Å². The second kappa shape index (κ2) is 12.7. The molecule has 0 aromatic rings. The Morgan fingerprint density at radius 1 is 1.07 bits per heavy atom. The number of allylic oxidation sites excluding steroid dienone is 2. The smallest absolute Gasteiger partial charge is 0.305 e. The van der Waals surface area contributed by atoms with Crippen LogP contribution >= 0.6 is 0 Å². The molecule has 2 aliphatic rings. The molecule has 168 valence electrons. The summed E-state index contributed by atoms with van der Waals surface area (Å²) in [6.45, 7) is 3.46. The number of rotatable bonds is 13. The van der Waals surface area contributed by atoms with E-state index >= 15 is 0 Å². The highest BCUT2D eigenvalue weighted by atomic mass is 16.7. The molecular formula is C23H40O6. The molecule has 6 nitrogen and oxygen atoms in total. The molecule has 0 radical (unpaired) electrons. The van der Waals surface area contributed by atoms with Crippen LogP contribution in [0.5, 0.6) is 0 Å². The standard InChI is InChI=1S/C23H40O6/c1-3-4-9-13-23(28-15-16-29-23)14-12-19-18(20(24)17-21(19)25)10-7-5-6-8-11-22(26)27-2/h5,7,18-21,24-25H,3-4,6,8-17H2,1-2H3/b7-5-/t18-,19-,20?,21?/m1/s1. The summed E-state index contributed by atoms with van der Waals surface area (Å²) in [6, 6.07) is 0. The summed E-state index contributed by atoms with van der Waals surface area (Å²) >= 11 is 0. The van der Waals surface area contributed by atoms with Gasteiger partial charge in [0, 0.05) is 19.3 Å². The molecule has 2 N–H and O–H groups in total. The normalized spacial score (nSPS) is 29.0. The van der Waals surface area contributed by atoms with Crippen LogP contribution in [0.1, 0.15) is 77.6 Å². The molecule has 0 aromatic heterocycles. The van der Waals surface area contributed by atoms with Crippen molar-refractivity contribution in [2.24, 2.45) is 11.8 Å². The third kappa shape index (κ3) is 7.67. The van der Waals surface area contributed by atoms with Crippen LogP contribution in [-0.4, -0.2) is 54.5 Å². The van der Waals surface area contributed by atoms with E-state index in [-0.39, 0.29) is 17.8 Å². The van der Waals surface area contributed by atoms with Crippen LogP contribution in [-0.2, 0) is 19.0 Å². The fraction of sp³-hybridized carbons (Fsp3) is 0.870. The van der Waals surface area contributed by atoms with Crippen molar-refractivity contribution in [2.75, 3.05) is 20.3 Å². The van der Waals surface area contributed by atoms with E-state index in [0.717, 1.165) is 51.4 Å². The van der Waals surface area contributed by atoms with Crippen LogP contribution < -0.4 is 0 Å². The zero-order valence-electron chi connectivity index (χ0n) is 18.2. The first-order chi connectivity index (χ1) is 14.0. The Morgan fingerprint density at radius 3 is 2.48 bits per heavy atom. The number of hydrogen-bond acceptors (Lipinski definition) is 6. The summed E-state index contributed by atoms with van der Waals surface area (Å²) in [5, 5.41) is 21.0. The Balaban J connectivity index is 1.82. The summed E-state index contributed by atoms with van der Waals surface area (Å²) in [6.07, 6.45) is 12.3. The zero-order chi connectivity index (χ0) is 21.1. The van der Waals surface area contributed by atoms with Gasteiger partial charge in [0.2, 0.25) is 0 Å². The molecule has 4 atom stereocenters. The van der Waals surface area contributed by atoms with Crippen molar-refractivity contribution < 1.29 is 29.2 Å². The highest BCUT2D eigenvalue weighted by Crippen LogP contribution is 2.41. The minimum Gasteiger partial charge on any atom is -0.469 e. The van der Waals surface area contributed by atoms with Gasteiger partial charge in [0.1, 0.15) is 0 Å². The number of aliphatic hydroxyl groups is 2. The quantitative estimate of drug-likeness (QED) is 0.272. The van der Waals surface area contributed by atoms with Crippen molar-refractivity contribution in [1.82, 2.24) is 0 Å². The second-order valence-electron chi connectivity index (χ2n) is 8.48. The number of unbranched alkanes of at least 4 members (excludes halogenated alkanes) is 3. The summed E-state index contributed by atoms with van der Waals surface area (Å²) < 4.78 is 16.6. The van der Waals surface area contributed by atoms with E-state index in [1.807, 2.05) is 0 Å². The highest BCUT2D eigenvalue weighted by molar-refractivity contribution is 5.69. The lowest BCUT2D eigenvalue weighted by molar-refractivity contribution is -0.171. The largest absolute Gasteiger partial charge is 0.469 e. The summed E-state index contributed by atoms with van der Waals surface area (Å²) in [5.41, 5.74) is 0. The van der Waals surface area contributed by atoms with Gasteiger partial charge in [0.05, 0.1) is 32.5 Å². The zero-order valence-corrected chi connectivity index (χ0v) is 18.2. The maximum absolute atomic E-state index is 11.1. The molecule has 2 fully saturated rings. The number of hydrogen-bond donors (Lipinski definition) is 2. The number of carbonyl (C=O) groups is 1. The highest BCUT2D eigenvalue weighted by Gasteiger charge is 2.43. The Labute approximate surface area is 175 Å². The first-order valence-corrected chi connectivity index (χ1v) is 11.4. The lowest BCUT2D eigenvalue weighted by atomic mass is 9.85. The van der Waals surface area contributed by atoms with Crippen LogP contribution in [0.25, 0.3) is 0 Å². The molecule has 1 heterocycles. The molecule has 0 amide bonds. The van der Waals surface area contributed by atoms with Gasteiger partial charge >= 0.3 is 5.97 Å². The minimum atomic E-state index is -0.503. The number of methoxy groups -OCH3 is 1. The van der Waals surface area contributed by atoms with Gasteiger partial charge in [0.25, 0.3) is 0 Å². The van der Waals surface area contributed by atoms with E-state index in [9.17, 15) is 15.0 Å². The number of aliphatic hydroxyl groups excluding tert-OH is 2. The summed E-state index contributed by atoms with van der Waals surface area (Å²) in [7, 11) is 1.40. The molecule has 2 unspecified atom stereocenters. The minimum absolute atomic E-state index is 0.0518. The molecule has 0 spiro atoms. The Hall–Kier alpha value is -0.950. The molecule has 1 saturated heterocycles. The van der Waals surface area contributed by atoms with E-state index in [2.05, 4.69) is 23.8 Å². The average Bonchev–Trinajstić information content (AvgIpc) is 3.27. The third-order valence-corrected chi connectivity index (χ3v) is 6.41. The van der Waals surface area contributed by atoms with Crippen molar-refractivity contribution in [3.05, 3.63) is 12.2 Å². The molecule has 2 rings (SSSR count). The predicted octanol–water partition coefficient (Wildman–Crippen LogP) is 3.74. The summed E-state index contributed by atoms with van der Waals surface area (Å²) in [4.78, 5) is 11.1. The fourth-order valence-electron chi connectivity index (χ4n) is 4.69. The lowest BCUT2D eigenvalue weighted by Crippen LogP contribution is -2.33. The average molecular weight is 413 g/mol. The van der Waals surface area contributed by atoms with E-state index in [1.54, 1.807) is 0 Å². The molecule has 0 bridgehead atoms. The predicted molar refractivity (Wildman–Crippen MR) is 111 cm³/mol. The number of esters is 1. The van der Waals surface area contributed by atoms with E-state index in [1.165, 1.54) is 13.5 Å². The lowest BCUT2D eigenvalue weighted by Gasteiger charge is -2.31. The first-order valence-electron chi connectivity index (χ1n) is 11.4. The SMILES string of the molecule is CCCCCC1(CC[C@H]2C(O)CC(O)[C@@H]2C/C=C\CCCC(=O)OC)OCCO1. The van der Waals surface area contributed by atoms with Crippen molar-refractivity contribution in [3.8, 4) is 0 Å². The van der Waals surface area contributed by atoms with Gasteiger partial charge < -0.3 is 24.4 Å². The van der Waals surface area contributed by atoms with Gasteiger partial charge in [-0.1, -0.05) is 31.9 Å². The van der Waals surface area contributed by atoms with Gasteiger partial charge in [-0.15, -0.1) is 0 Å². The van der Waals surface area contributed by atoms with Crippen molar-refractivity contribution in [3.63, 3.8) is 0 Å². The van der Waals surface area contributed by atoms with Gasteiger partial charge in [0.15, 0.2) is 5.79 Å². The molecular weight excluding hydrogens is 372 g/mol.